The minimum absolute atomic E-state index is 0.00125. The van der Waals surface area contributed by atoms with Crippen molar-refractivity contribution >= 4 is 17.6 Å². The molecule has 1 heterocycles. The van der Waals surface area contributed by atoms with E-state index >= 15 is 0 Å². The number of benzene rings is 1. The Bertz CT molecular complexity index is 610. The smallest absolute Gasteiger partial charge is 0.223 e. The molecule has 0 bridgehead atoms. The Balaban J connectivity index is 1.82. The van der Waals surface area contributed by atoms with Crippen LogP contribution in [0.15, 0.2) is 24.3 Å². The van der Waals surface area contributed by atoms with Crippen LogP contribution < -0.4 is 0 Å². The van der Waals surface area contributed by atoms with Crippen LogP contribution >= 0.6 is 0 Å². The fourth-order valence-electron chi connectivity index (χ4n) is 3.15. The number of carbonyl (C=O) groups excluding carboxylic acids is 3. The molecule has 0 aromatic heterocycles. The van der Waals surface area contributed by atoms with Gasteiger partial charge in [-0.2, -0.15) is 0 Å². The number of amides is 2. The lowest BCUT2D eigenvalue weighted by atomic mass is 10.0. The second kappa shape index (κ2) is 9.35. The SMILES string of the molecule is CCCc1ccc(C(=O)CCC(=O)N2CCCN(C(C)=O)CC2)cc1. The van der Waals surface area contributed by atoms with Crippen molar-refractivity contribution in [2.45, 2.75) is 46.0 Å². The third kappa shape index (κ3) is 5.69. The van der Waals surface area contributed by atoms with E-state index in [2.05, 4.69) is 6.92 Å². The van der Waals surface area contributed by atoms with Gasteiger partial charge in [0.2, 0.25) is 11.8 Å². The summed E-state index contributed by atoms with van der Waals surface area (Å²) >= 11 is 0. The Morgan fingerprint density at radius 3 is 2.20 bits per heavy atom. The number of rotatable bonds is 6. The monoisotopic (exact) mass is 344 g/mol. The molecule has 0 saturated carbocycles. The van der Waals surface area contributed by atoms with Crippen LogP contribution in [0.4, 0.5) is 0 Å². The van der Waals surface area contributed by atoms with Gasteiger partial charge in [-0.1, -0.05) is 37.6 Å². The molecule has 0 spiro atoms. The van der Waals surface area contributed by atoms with E-state index in [0.717, 1.165) is 19.3 Å². The topological polar surface area (TPSA) is 57.7 Å². The molecule has 0 N–H and O–H groups in total. The van der Waals surface area contributed by atoms with E-state index in [1.54, 1.807) is 16.7 Å². The van der Waals surface area contributed by atoms with Crippen molar-refractivity contribution in [1.82, 2.24) is 9.80 Å². The molecule has 0 radical (unpaired) electrons. The molecule has 25 heavy (non-hydrogen) atoms. The predicted octanol–water partition coefficient (Wildman–Crippen LogP) is 2.68. The van der Waals surface area contributed by atoms with Crippen molar-refractivity contribution in [2.75, 3.05) is 26.2 Å². The van der Waals surface area contributed by atoms with Crippen LogP contribution in [0.25, 0.3) is 0 Å². The molecule has 136 valence electrons. The third-order valence-corrected chi connectivity index (χ3v) is 4.67. The van der Waals surface area contributed by atoms with Gasteiger partial charge >= 0.3 is 0 Å². The number of carbonyl (C=O) groups is 3. The number of nitrogens with zero attached hydrogens (tertiary/aromatic N) is 2. The number of hydrogen-bond acceptors (Lipinski definition) is 3. The summed E-state index contributed by atoms with van der Waals surface area (Å²) in [6, 6.07) is 7.69. The first-order valence-corrected chi connectivity index (χ1v) is 9.16. The van der Waals surface area contributed by atoms with Crippen molar-refractivity contribution in [3.05, 3.63) is 35.4 Å². The molecule has 5 heteroatoms. The lowest BCUT2D eigenvalue weighted by molar-refractivity contribution is -0.132. The zero-order valence-electron chi connectivity index (χ0n) is 15.3. The minimum atomic E-state index is 0.00125. The van der Waals surface area contributed by atoms with E-state index in [0.29, 0.717) is 31.7 Å². The quantitative estimate of drug-likeness (QED) is 0.746. The molecule has 2 rings (SSSR count). The summed E-state index contributed by atoms with van der Waals surface area (Å²) in [5.41, 5.74) is 1.90. The Hall–Kier alpha value is -2.17. The van der Waals surface area contributed by atoms with Gasteiger partial charge in [0.05, 0.1) is 0 Å². The molecule has 1 fully saturated rings. The van der Waals surface area contributed by atoms with E-state index in [-0.39, 0.29) is 30.4 Å². The van der Waals surface area contributed by atoms with E-state index < -0.39 is 0 Å². The molecule has 0 atom stereocenters. The van der Waals surface area contributed by atoms with Gasteiger partial charge in [0.25, 0.3) is 0 Å². The van der Waals surface area contributed by atoms with Gasteiger partial charge in [-0.15, -0.1) is 0 Å². The molecule has 2 amide bonds. The minimum Gasteiger partial charge on any atom is -0.341 e. The van der Waals surface area contributed by atoms with Crippen molar-refractivity contribution in [3.63, 3.8) is 0 Å². The molecule has 5 nitrogen and oxygen atoms in total. The van der Waals surface area contributed by atoms with Crippen molar-refractivity contribution in [1.29, 1.82) is 0 Å². The van der Waals surface area contributed by atoms with Crippen LogP contribution in [0, 0.1) is 0 Å². The first-order chi connectivity index (χ1) is 12.0. The van der Waals surface area contributed by atoms with Crippen LogP contribution in [0.1, 0.15) is 55.5 Å². The maximum absolute atomic E-state index is 12.4. The molecule has 1 aromatic carbocycles. The predicted molar refractivity (Wildman–Crippen MR) is 97.5 cm³/mol. The summed E-state index contributed by atoms with van der Waals surface area (Å²) in [4.78, 5) is 39.7. The standard InChI is InChI=1S/C20H28N2O3/c1-3-5-17-6-8-18(9-7-17)19(24)10-11-20(25)22-13-4-12-21(14-15-22)16(2)23/h6-9H,3-5,10-15H2,1-2H3. The van der Waals surface area contributed by atoms with Crippen LogP contribution in [0.5, 0.6) is 0 Å². The highest BCUT2D eigenvalue weighted by Crippen LogP contribution is 2.12. The summed E-state index contributed by atoms with van der Waals surface area (Å²) in [5, 5.41) is 0. The lowest BCUT2D eigenvalue weighted by Gasteiger charge is -2.21. The van der Waals surface area contributed by atoms with Crippen molar-refractivity contribution in [2.24, 2.45) is 0 Å². The fourth-order valence-corrected chi connectivity index (χ4v) is 3.15. The van der Waals surface area contributed by atoms with Crippen LogP contribution in [-0.4, -0.2) is 53.6 Å². The van der Waals surface area contributed by atoms with Gasteiger partial charge in [-0.25, -0.2) is 0 Å². The van der Waals surface area contributed by atoms with Crippen LogP contribution in [0.2, 0.25) is 0 Å². The van der Waals surface area contributed by atoms with Crippen LogP contribution in [0.3, 0.4) is 0 Å². The molecular formula is C20H28N2O3. The molecular weight excluding hydrogens is 316 g/mol. The first-order valence-electron chi connectivity index (χ1n) is 9.16. The summed E-state index contributed by atoms with van der Waals surface area (Å²) in [6.07, 6.45) is 3.35. The molecule has 1 aromatic rings. The Kier molecular flexibility index (Phi) is 7.16. The highest BCUT2D eigenvalue weighted by molar-refractivity contribution is 5.98. The maximum atomic E-state index is 12.4. The summed E-state index contributed by atoms with van der Waals surface area (Å²) in [6.45, 7) is 6.17. The molecule has 0 unspecified atom stereocenters. The number of aryl methyl sites for hydroxylation is 1. The normalized spacial score (nSPS) is 15.0. The number of hydrogen-bond donors (Lipinski definition) is 0. The Morgan fingerprint density at radius 1 is 0.920 bits per heavy atom. The van der Waals surface area contributed by atoms with Crippen LogP contribution in [-0.2, 0) is 16.0 Å². The summed E-state index contributed by atoms with van der Waals surface area (Å²) in [5.74, 6) is 0.0638. The molecule has 1 aliphatic heterocycles. The second-order valence-electron chi connectivity index (χ2n) is 6.61. The molecule has 1 saturated heterocycles. The molecule has 1 aliphatic rings. The van der Waals surface area contributed by atoms with E-state index in [1.165, 1.54) is 5.56 Å². The number of ketones is 1. The van der Waals surface area contributed by atoms with E-state index in [1.807, 2.05) is 24.3 Å². The highest BCUT2D eigenvalue weighted by atomic mass is 16.2. The van der Waals surface area contributed by atoms with Crippen molar-refractivity contribution < 1.29 is 14.4 Å². The van der Waals surface area contributed by atoms with Gasteiger partial charge in [-0.05, 0) is 18.4 Å². The lowest BCUT2D eigenvalue weighted by Crippen LogP contribution is -2.36. The van der Waals surface area contributed by atoms with Gasteiger partial charge in [0.1, 0.15) is 0 Å². The van der Waals surface area contributed by atoms with E-state index in [9.17, 15) is 14.4 Å². The Morgan fingerprint density at radius 2 is 1.56 bits per heavy atom. The van der Waals surface area contributed by atoms with Gasteiger partial charge < -0.3 is 9.80 Å². The zero-order valence-corrected chi connectivity index (χ0v) is 15.3. The highest BCUT2D eigenvalue weighted by Gasteiger charge is 2.20. The van der Waals surface area contributed by atoms with Gasteiger partial charge in [0, 0.05) is 51.5 Å². The van der Waals surface area contributed by atoms with Crippen molar-refractivity contribution in [3.8, 4) is 0 Å². The fraction of sp³-hybridized carbons (Fsp3) is 0.550. The second-order valence-corrected chi connectivity index (χ2v) is 6.61. The van der Waals surface area contributed by atoms with E-state index in [4.69, 9.17) is 0 Å². The number of Topliss-reactive ketones (excluding diaryl/α,β-unsaturated/α-hetero) is 1. The maximum Gasteiger partial charge on any atom is 0.223 e. The van der Waals surface area contributed by atoms with Gasteiger partial charge in [-0.3, -0.25) is 14.4 Å². The molecule has 0 aliphatic carbocycles. The van der Waals surface area contributed by atoms with Gasteiger partial charge in [0.15, 0.2) is 5.78 Å². The average Bonchev–Trinajstić information content (AvgIpc) is 2.86. The largest absolute Gasteiger partial charge is 0.341 e. The zero-order chi connectivity index (χ0) is 18.2. The average molecular weight is 344 g/mol. The Labute approximate surface area is 150 Å². The summed E-state index contributed by atoms with van der Waals surface area (Å²) in [7, 11) is 0. The summed E-state index contributed by atoms with van der Waals surface area (Å²) < 4.78 is 0. The first kappa shape index (κ1) is 19.2. The third-order valence-electron chi connectivity index (χ3n) is 4.67.